The number of carbonyl (C=O) groups is 1. The maximum atomic E-state index is 11.7. The van der Waals surface area contributed by atoms with E-state index < -0.39 is 0 Å². The van der Waals surface area contributed by atoms with Crippen LogP contribution in [0.5, 0.6) is 0 Å². The topological polar surface area (TPSA) is 41.9 Å². The van der Waals surface area contributed by atoms with E-state index in [0.717, 1.165) is 37.6 Å². The van der Waals surface area contributed by atoms with E-state index in [-0.39, 0.29) is 5.91 Å². The van der Waals surface area contributed by atoms with Crippen LogP contribution in [-0.2, 0) is 9.63 Å². The molecule has 0 bridgehead atoms. The molecular weight excluding hydrogens is 204 g/mol. The zero-order chi connectivity index (χ0) is 12.0. The first kappa shape index (κ1) is 13.0. The van der Waals surface area contributed by atoms with Crippen molar-refractivity contribution in [2.45, 2.75) is 40.0 Å². The number of likely N-dealkylation sites (tertiary alicyclic amines) is 1. The Balaban J connectivity index is 2.17. The molecule has 1 aliphatic heterocycles. The van der Waals surface area contributed by atoms with E-state index in [1.165, 1.54) is 0 Å². The molecule has 0 N–H and O–H groups in total. The molecule has 0 aromatic rings. The Bertz CT molecular complexity index is 252. The molecule has 0 saturated carbocycles. The highest BCUT2D eigenvalue weighted by atomic mass is 16.6. The largest absolute Gasteiger partial charge is 0.395 e. The van der Waals surface area contributed by atoms with E-state index in [9.17, 15) is 4.79 Å². The molecule has 4 heteroatoms. The van der Waals surface area contributed by atoms with Crippen molar-refractivity contribution >= 4 is 11.6 Å². The standard InChI is InChI=1S/C12H22N2O2/c1-10(2)13-16-9-6-12(15)14-7-4-11(3)5-8-14/h11H,4-9H2,1-3H3. The van der Waals surface area contributed by atoms with Gasteiger partial charge in [0.1, 0.15) is 6.61 Å². The summed E-state index contributed by atoms with van der Waals surface area (Å²) in [6.45, 7) is 8.16. The van der Waals surface area contributed by atoms with Crippen LogP contribution in [0.2, 0.25) is 0 Å². The predicted molar refractivity (Wildman–Crippen MR) is 64.3 cm³/mol. The number of oxime groups is 1. The SMILES string of the molecule is CC(C)=NOCCC(=O)N1CCC(C)CC1. The smallest absolute Gasteiger partial charge is 0.226 e. The summed E-state index contributed by atoms with van der Waals surface area (Å²) in [5.74, 6) is 0.948. The number of piperidine rings is 1. The highest BCUT2D eigenvalue weighted by molar-refractivity contribution is 5.78. The van der Waals surface area contributed by atoms with Gasteiger partial charge in [-0.1, -0.05) is 12.1 Å². The Kier molecular flexibility index (Phi) is 5.29. The summed E-state index contributed by atoms with van der Waals surface area (Å²) in [4.78, 5) is 18.7. The molecule has 1 aliphatic rings. The van der Waals surface area contributed by atoms with Crippen LogP contribution >= 0.6 is 0 Å². The van der Waals surface area contributed by atoms with Crippen molar-refractivity contribution in [3.8, 4) is 0 Å². The number of rotatable bonds is 4. The second-order valence-electron chi connectivity index (χ2n) is 4.69. The number of nitrogens with zero attached hydrogens (tertiary/aromatic N) is 2. The lowest BCUT2D eigenvalue weighted by molar-refractivity contribution is -0.133. The molecule has 0 aliphatic carbocycles. The van der Waals surface area contributed by atoms with E-state index >= 15 is 0 Å². The van der Waals surface area contributed by atoms with Crippen molar-refractivity contribution < 1.29 is 9.63 Å². The highest BCUT2D eigenvalue weighted by Crippen LogP contribution is 2.16. The average Bonchev–Trinajstić information content (AvgIpc) is 2.25. The highest BCUT2D eigenvalue weighted by Gasteiger charge is 2.19. The molecule has 4 nitrogen and oxygen atoms in total. The van der Waals surface area contributed by atoms with Crippen LogP contribution in [0, 0.1) is 5.92 Å². The van der Waals surface area contributed by atoms with Crippen molar-refractivity contribution in [2.24, 2.45) is 11.1 Å². The summed E-state index contributed by atoms with van der Waals surface area (Å²) < 4.78 is 0. The van der Waals surface area contributed by atoms with E-state index in [2.05, 4.69) is 12.1 Å². The van der Waals surface area contributed by atoms with Crippen molar-refractivity contribution in [1.82, 2.24) is 4.90 Å². The minimum Gasteiger partial charge on any atom is -0.395 e. The molecule has 1 amide bonds. The fourth-order valence-electron chi connectivity index (χ4n) is 1.72. The van der Waals surface area contributed by atoms with Crippen molar-refractivity contribution in [2.75, 3.05) is 19.7 Å². The summed E-state index contributed by atoms with van der Waals surface area (Å²) in [5, 5.41) is 3.80. The van der Waals surface area contributed by atoms with Gasteiger partial charge in [-0.15, -0.1) is 0 Å². The van der Waals surface area contributed by atoms with Crippen molar-refractivity contribution in [3.63, 3.8) is 0 Å². The van der Waals surface area contributed by atoms with Gasteiger partial charge in [0.15, 0.2) is 0 Å². The molecule has 0 radical (unpaired) electrons. The van der Waals surface area contributed by atoms with E-state index in [1.807, 2.05) is 18.7 Å². The monoisotopic (exact) mass is 226 g/mol. The van der Waals surface area contributed by atoms with Gasteiger partial charge in [-0.3, -0.25) is 4.79 Å². The maximum absolute atomic E-state index is 11.7. The van der Waals surface area contributed by atoms with Crippen LogP contribution in [0.4, 0.5) is 0 Å². The van der Waals surface area contributed by atoms with Gasteiger partial charge in [0.2, 0.25) is 5.91 Å². The summed E-state index contributed by atoms with van der Waals surface area (Å²) in [6, 6.07) is 0. The van der Waals surface area contributed by atoms with Gasteiger partial charge in [-0.2, -0.15) is 0 Å². The first-order valence-electron chi connectivity index (χ1n) is 6.00. The molecule has 16 heavy (non-hydrogen) atoms. The molecule has 0 unspecified atom stereocenters. The minimum absolute atomic E-state index is 0.191. The summed E-state index contributed by atoms with van der Waals surface area (Å²) in [5.41, 5.74) is 0.874. The predicted octanol–water partition coefficient (Wildman–Crippen LogP) is 2.05. The number of hydrogen-bond donors (Lipinski definition) is 0. The van der Waals surface area contributed by atoms with Gasteiger partial charge in [0.25, 0.3) is 0 Å². The molecule has 1 saturated heterocycles. The van der Waals surface area contributed by atoms with Crippen molar-refractivity contribution in [1.29, 1.82) is 0 Å². The molecule has 1 fully saturated rings. The second-order valence-corrected chi connectivity index (χ2v) is 4.69. The molecule has 1 rings (SSSR count). The average molecular weight is 226 g/mol. The van der Waals surface area contributed by atoms with Crippen LogP contribution in [-0.4, -0.2) is 36.2 Å². The van der Waals surface area contributed by atoms with E-state index in [0.29, 0.717) is 13.0 Å². The van der Waals surface area contributed by atoms with Gasteiger partial charge in [-0.05, 0) is 32.6 Å². The Morgan fingerprint density at radius 3 is 2.56 bits per heavy atom. The van der Waals surface area contributed by atoms with Gasteiger partial charge in [-0.25, -0.2) is 0 Å². The quantitative estimate of drug-likeness (QED) is 0.418. The third-order valence-electron chi connectivity index (χ3n) is 2.79. The van der Waals surface area contributed by atoms with E-state index in [4.69, 9.17) is 4.84 Å². The first-order valence-corrected chi connectivity index (χ1v) is 6.00. The van der Waals surface area contributed by atoms with Crippen LogP contribution in [0.15, 0.2) is 5.16 Å². The molecule has 0 atom stereocenters. The number of amides is 1. The van der Waals surface area contributed by atoms with Gasteiger partial charge in [0.05, 0.1) is 12.1 Å². The van der Waals surface area contributed by atoms with E-state index in [1.54, 1.807) is 0 Å². The fourth-order valence-corrected chi connectivity index (χ4v) is 1.72. The Labute approximate surface area is 97.6 Å². The summed E-state index contributed by atoms with van der Waals surface area (Å²) in [7, 11) is 0. The Morgan fingerprint density at radius 2 is 2.00 bits per heavy atom. The van der Waals surface area contributed by atoms with Crippen LogP contribution in [0.3, 0.4) is 0 Å². The third kappa shape index (κ3) is 4.64. The van der Waals surface area contributed by atoms with Crippen LogP contribution < -0.4 is 0 Å². The number of hydrogen-bond acceptors (Lipinski definition) is 3. The summed E-state index contributed by atoms with van der Waals surface area (Å²) >= 11 is 0. The first-order chi connectivity index (χ1) is 7.59. The fraction of sp³-hybridized carbons (Fsp3) is 0.833. The Morgan fingerprint density at radius 1 is 1.38 bits per heavy atom. The molecule has 0 aromatic carbocycles. The lowest BCUT2D eigenvalue weighted by Gasteiger charge is -2.30. The van der Waals surface area contributed by atoms with Gasteiger partial charge < -0.3 is 9.74 Å². The minimum atomic E-state index is 0.191. The molecule has 1 heterocycles. The lowest BCUT2D eigenvalue weighted by Crippen LogP contribution is -2.38. The molecular formula is C12H22N2O2. The maximum Gasteiger partial charge on any atom is 0.226 e. The molecule has 92 valence electrons. The number of carbonyl (C=O) groups excluding carboxylic acids is 1. The van der Waals surface area contributed by atoms with Crippen LogP contribution in [0.1, 0.15) is 40.0 Å². The zero-order valence-corrected chi connectivity index (χ0v) is 10.5. The molecule has 0 spiro atoms. The van der Waals surface area contributed by atoms with Crippen LogP contribution in [0.25, 0.3) is 0 Å². The third-order valence-corrected chi connectivity index (χ3v) is 2.79. The van der Waals surface area contributed by atoms with Crippen molar-refractivity contribution in [3.05, 3.63) is 0 Å². The van der Waals surface area contributed by atoms with Gasteiger partial charge >= 0.3 is 0 Å². The lowest BCUT2D eigenvalue weighted by atomic mass is 9.99. The second kappa shape index (κ2) is 6.51. The summed E-state index contributed by atoms with van der Waals surface area (Å²) in [6.07, 6.45) is 2.68. The Hall–Kier alpha value is -1.06. The normalized spacial score (nSPS) is 17.1. The zero-order valence-electron chi connectivity index (χ0n) is 10.5. The van der Waals surface area contributed by atoms with Gasteiger partial charge in [0, 0.05) is 13.1 Å². The molecule has 0 aromatic heterocycles.